The fourth-order valence-electron chi connectivity index (χ4n) is 2.56. The van der Waals surface area contributed by atoms with Crippen molar-refractivity contribution >= 4 is 0 Å². The Bertz CT molecular complexity index is 385. The Balaban J connectivity index is 1.91. The summed E-state index contributed by atoms with van der Waals surface area (Å²) in [6, 6.07) is 3.28. The van der Waals surface area contributed by atoms with Crippen LogP contribution in [0.2, 0.25) is 0 Å². The van der Waals surface area contributed by atoms with E-state index in [1.807, 2.05) is 0 Å². The number of aromatic nitrogens is 2. The second-order valence-electron chi connectivity index (χ2n) is 6.08. The summed E-state index contributed by atoms with van der Waals surface area (Å²) in [5.74, 6) is 0.695. The van der Waals surface area contributed by atoms with E-state index in [9.17, 15) is 0 Å². The van der Waals surface area contributed by atoms with Crippen molar-refractivity contribution in [2.45, 2.75) is 52.7 Å². The molecule has 0 amide bonds. The van der Waals surface area contributed by atoms with Crippen LogP contribution in [0.1, 0.15) is 45.9 Å². The van der Waals surface area contributed by atoms with Crippen molar-refractivity contribution < 1.29 is 0 Å². The van der Waals surface area contributed by atoms with E-state index in [4.69, 9.17) is 5.10 Å². The van der Waals surface area contributed by atoms with Gasteiger partial charge in [-0.3, -0.25) is 9.58 Å². The maximum Gasteiger partial charge on any atom is 0.0764 e. The van der Waals surface area contributed by atoms with Crippen molar-refractivity contribution in [1.29, 1.82) is 0 Å². The molecule has 0 aliphatic carbocycles. The molecule has 1 aliphatic rings. The Hall–Kier alpha value is -0.870. The van der Waals surface area contributed by atoms with E-state index in [0.29, 0.717) is 18.0 Å². The topological polar surface area (TPSA) is 33.1 Å². The van der Waals surface area contributed by atoms with Crippen molar-refractivity contribution in [3.8, 4) is 0 Å². The molecule has 2 heterocycles. The predicted octanol–water partition coefficient (Wildman–Crippen LogP) is 2.28. The SMILES string of the molecule is CCC(C)n1ccc(CN2CCNC(C(C)C)C2)n1. The highest BCUT2D eigenvalue weighted by molar-refractivity contribution is 5.00. The van der Waals surface area contributed by atoms with Gasteiger partial charge in [0.2, 0.25) is 0 Å². The summed E-state index contributed by atoms with van der Waals surface area (Å²) in [6.07, 6.45) is 3.25. The van der Waals surface area contributed by atoms with Gasteiger partial charge in [-0.05, 0) is 25.3 Å². The highest BCUT2D eigenvalue weighted by atomic mass is 15.3. The van der Waals surface area contributed by atoms with Crippen LogP contribution in [0.15, 0.2) is 12.3 Å². The maximum atomic E-state index is 4.70. The van der Waals surface area contributed by atoms with Gasteiger partial charge in [0, 0.05) is 44.5 Å². The van der Waals surface area contributed by atoms with Gasteiger partial charge in [0.05, 0.1) is 5.69 Å². The molecular weight excluding hydrogens is 236 g/mol. The van der Waals surface area contributed by atoms with Crippen LogP contribution >= 0.6 is 0 Å². The molecule has 4 heteroatoms. The lowest BCUT2D eigenvalue weighted by molar-refractivity contribution is 0.166. The molecule has 1 fully saturated rings. The van der Waals surface area contributed by atoms with Gasteiger partial charge in [-0.2, -0.15) is 5.10 Å². The molecule has 0 saturated carbocycles. The Morgan fingerprint density at radius 1 is 1.42 bits per heavy atom. The fraction of sp³-hybridized carbons (Fsp3) is 0.800. The van der Waals surface area contributed by atoms with Crippen LogP contribution in [0.4, 0.5) is 0 Å². The monoisotopic (exact) mass is 264 g/mol. The van der Waals surface area contributed by atoms with Crippen LogP contribution < -0.4 is 5.32 Å². The van der Waals surface area contributed by atoms with Crippen LogP contribution in [0.3, 0.4) is 0 Å². The van der Waals surface area contributed by atoms with E-state index in [0.717, 1.165) is 32.6 Å². The number of hydrogen-bond acceptors (Lipinski definition) is 3. The third-order valence-corrected chi connectivity index (χ3v) is 4.19. The van der Waals surface area contributed by atoms with Crippen molar-refractivity contribution in [1.82, 2.24) is 20.0 Å². The average molecular weight is 264 g/mol. The fourth-order valence-corrected chi connectivity index (χ4v) is 2.56. The van der Waals surface area contributed by atoms with E-state index in [1.54, 1.807) is 0 Å². The molecule has 1 aromatic rings. The van der Waals surface area contributed by atoms with Crippen molar-refractivity contribution in [2.75, 3.05) is 19.6 Å². The molecule has 4 nitrogen and oxygen atoms in total. The lowest BCUT2D eigenvalue weighted by Gasteiger charge is -2.35. The molecule has 1 saturated heterocycles. The Morgan fingerprint density at radius 3 is 2.89 bits per heavy atom. The summed E-state index contributed by atoms with van der Waals surface area (Å²) in [4.78, 5) is 2.52. The van der Waals surface area contributed by atoms with E-state index in [1.165, 1.54) is 5.69 Å². The Kier molecular flexibility index (Phi) is 4.99. The lowest BCUT2D eigenvalue weighted by Crippen LogP contribution is -2.52. The quantitative estimate of drug-likeness (QED) is 0.886. The maximum absolute atomic E-state index is 4.70. The largest absolute Gasteiger partial charge is 0.311 e. The zero-order chi connectivity index (χ0) is 13.8. The zero-order valence-corrected chi connectivity index (χ0v) is 12.8. The highest BCUT2D eigenvalue weighted by Gasteiger charge is 2.22. The Morgan fingerprint density at radius 2 is 2.21 bits per heavy atom. The molecule has 2 rings (SSSR count). The molecule has 0 bridgehead atoms. The third-order valence-electron chi connectivity index (χ3n) is 4.19. The van der Waals surface area contributed by atoms with Crippen LogP contribution in [0.25, 0.3) is 0 Å². The van der Waals surface area contributed by atoms with Crippen molar-refractivity contribution in [2.24, 2.45) is 5.92 Å². The van der Waals surface area contributed by atoms with Gasteiger partial charge in [0.25, 0.3) is 0 Å². The number of piperazine rings is 1. The summed E-state index contributed by atoms with van der Waals surface area (Å²) in [6.45, 7) is 13.3. The predicted molar refractivity (Wildman–Crippen MR) is 79.1 cm³/mol. The molecule has 0 spiro atoms. The molecule has 2 unspecified atom stereocenters. The highest BCUT2D eigenvalue weighted by Crippen LogP contribution is 2.13. The second kappa shape index (κ2) is 6.53. The van der Waals surface area contributed by atoms with Crippen LogP contribution in [-0.2, 0) is 6.54 Å². The minimum absolute atomic E-state index is 0.500. The number of rotatable bonds is 5. The van der Waals surface area contributed by atoms with Gasteiger partial charge in [-0.1, -0.05) is 20.8 Å². The van der Waals surface area contributed by atoms with Crippen molar-refractivity contribution in [3.05, 3.63) is 18.0 Å². The molecule has 19 heavy (non-hydrogen) atoms. The minimum Gasteiger partial charge on any atom is -0.311 e. The lowest BCUT2D eigenvalue weighted by atomic mass is 10.0. The Labute approximate surface area is 117 Å². The zero-order valence-electron chi connectivity index (χ0n) is 12.8. The first kappa shape index (κ1) is 14.5. The molecule has 1 aromatic heterocycles. The number of nitrogens with zero attached hydrogens (tertiary/aromatic N) is 3. The van der Waals surface area contributed by atoms with Crippen molar-refractivity contribution in [3.63, 3.8) is 0 Å². The normalized spacial score (nSPS) is 22.9. The molecule has 1 aliphatic heterocycles. The first-order chi connectivity index (χ1) is 9.10. The molecule has 0 radical (unpaired) electrons. The summed E-state index contributed by atoms with van der Waals surface area (Å²) in [7, 11) is 0. The van der Waals surface area contributed by atoms with E-state index >= 15 is 0 Å². The standard InChI is InChI=1S/C15H28N4/c1-5-13(4)19-8-6-14(17-19)10-18-9-7-16-15(11-18)12(2)3/h6,8,12-13,15-16H,5,7,9-11H2,1-4H3. The van der Waals surface area contributed by atoms with Crippen LogP contribution in [0.5, 0.6) is 0 Å². The molecule has 2 atom stereocenters. The first-order valence-corrected chi connectivity index (χ1v) is 7.60. The van der Waals surface area contributed by atoms with Gasteiger partial charge in [0.15, 0.2) is 0 Å². The summed E-state index contributed by atoms with van der Waals surface area (Å²) in [5, 5.41) is 8.30. The third kappa shape index (κ3) is 3.80. The minimum atomic E-state index is 0.500. The number of hydrogen-bond donors (Lipinski definition) is 1. The summed E-state index contributed by atoms with van der Waals surface area (Å²) < 4.78 is 2.09. The molecular formula is C15H28N4. The van der Waals surface area contributed by atoms with Gasteiger partial charge < -0.3 is 5.32 Å². The average Bonchev–Trinajstić information content (AvgIpc) is 2.86. The molecule has 108 valence electrons. The summed E-state index contributed by atoms with van der Waals surface area (Å²) in [5.41, 5.74) is 1.20. The summed E-state index contributed by atoms with van der Waals surface area (Å²) >= 11 is 0. The van der Waals surface area contributed by atoms with Gasteiger partial charge in [-0.15, -0.1) is 0 Å². The van der Waals surface area contributed by atoms with E-state index in [-0.39, 0.29) is 0 Å². The van der Waals surface area contributed by atoms with Gasteiger partial charge in [0.1, 0.15) is 0 Å². The van der Waals surface area contributed by atoms with Gasteiger partial charge in [-0.25, -0.2) is 0 Å². The van der Waals surface area contributed by atoms with Crippen LogP contribution in [0, 0.1) is 5.92 Å². The molecule has 1 N–H and O–H groups in total. The van der Waals surface area contributed by atoms with Gasteiger partial charge >= 0.3 is 0 Å². The second-order valence-corrected chi connectivity index (χ2v) is 6.08. The number of nitrogens with one attached hydrogen (secondary N) is 1. The van der Waals surface area contributed by atoms with E-state index in [2.05, 4.69) is 54.9 Å². The first-order valence-electron chi connectivity index (χ1n) is 7.60. The smallest absolute Gasteiger partial charge is 0.0764 e. The van der Waals surface area contributed by atoms with Crippen LogP contribution in [-0.4, -0.2) is 40.4 Å². The molecule has 0 aromatic carbocycles. The van der Waals surface area contributed by atoms with E-state index < -0.39 is 0 Å².